The van der Waals surface area contributed by atoms with Crippen molar-refractivity contribution in [1.29, 1.82) is 0 Å². The van der Waals surface area contributed by atoms with E-state index in [9.17, 15) is 4.79 Å². The van der Waals surface area contributed by atoms with E-state index < -0.39 is 0 Å². The molecule has 0 radical (unpaired) electrons. The highest BCUT2D eigenvalue weighted by Gasteiger charge is 2.25. The van der Waals surface area contributed by atoms with Gasteiger partial charge in [-0.3, -0.25) is 9.78 Å². The van der Waals surface area contributed by atoms with E-state index in [-0.39, 0.29) is 5.91 Å². The molecule has 0 aromatic carbocycles. The summed E-state index contributed by atoms with van der Waals surface area (Å²) in [6.07, 6.45) is 8.82. The topological polar surface area (TPSA) is 93.2 Å². The maximum absolute atomic E-state index is 12.8. The van der Waals surface area contributed by atoms with Gasteiger partial charge in [0.2, 0.25) is 0 Å². The van der Waals surface area contributed by atoms with Gasteiger partial charge in [0.05, 0.1) is 0 Å². The van der Waals surface area contributed by atoms with Crippen LogP contribution in [0.2, 0.25) is 0 Å². The van der Waals surface area contributed by atoms with Crippen LogP contribution in [0, 0.1) is 0 Å². The van der Waals surface area contributed by atoms with E-state index in [0.29, 0.717) is 37.6 Å². The summed E-state index contributed by atoms with van der Waals surface area (Å²) in [5, 5.41) is 3.95. The first kappa shape index (κ1) is 18.0. The van der Waals surface area contributed by atoms with Gasteiger partial charge in [0, 0.05) is 68.7 Å². The van der Waals surface area contributed by atoms with Crippen molar-refractivity contribution in [3.8, 4) is 17.1 Å². The Morgan fingerprint density at radius 1 is 0.967 bits per heavy atom. The lowest BCUT2D eigenvalue weighted by atomic mass is 10.2. The number of hydrogen-bond donors (Lipinski definition) is 0. The Morgan fingerprint density at radius 2 is 1.77 bits per heavy atom. The third-order valence-corrected chi connectivity index (χ3v) is 5.07. The number of hydrogen-bond acceptors (Lipinski definition) is 7. The molecule has 0 atom stereocenters. The summed E-state index contributed by atoms with van der Waals surface area (Å²) in [6, 6.07) is 11.2. The van der Waals surface area contributed by atoms with E-state index in [1.165, 1.54) is 0 Å². The zero-order chi connectivity index (χ0) is 20.3. The summed E-state index contributed by atoms with van der Waals surface area (Å²) in [5.74, 6) is 2.06. The van der Waals surface area contributed by atoms with Crippen molar-refractivity contribution in [2.75, 3.05) is 31.1 Å². The van der Waals surface area contributed by atoms with Gasteiger partial charge in [0.25, 0.3) is 5.91 Å². The van der Waals surface area contributed by atoms with E-state index in [1.807, 2.05) is 47.3 Å². The molecule has 0 unspecified atom stereocenters. The van der Waals surface area contributed by atoms with E-state index in [0.717, 1.165) is 17.2 Å². The van der Waals surface area contributed by atoms with Crippen LogP contribution in [0.3, 0.4) is 0 Å². The monoisotopic (exact) mass is 401 g/mol. The Bertz CT molecular complexity index is 1130. The van der Waals surface area contributed by atoms with Gasteiger partial charge in [0.15, 0.2) is 11.5 Å². The molecule has 1 amide bonds. The fourth-order valence-corrected chi connectivity index (χ4v) is 3.46. The quantitative estimate of drug-likeness (QED) is 0.518. The smallest absolute Gasteiger partial charge is 0.276 e. The molecule has 4 aromatic rings. The van der Waals surface area contributed by atoms with Gasteiger partial charge < -0.3 is 18.9 Å². The SMILES string of the molecule is O=C(c1cc(-c2cccnc2)on1)N1CCN(c2cc(-n3cccc3)ncn2)CC1. The highest BCUT2D eigenvalue weighted by atomic mass is 16.5. The van der Waals surface area contributed by atoms with Gasteiger partial charge in [-0.1, -0.05) is 5.16 Å². The van der Waals surface area contributed by atoms with Gasteiger partial charge >= 0.3 is 0 Å². The largest absolute Gasteiger partial charge is 0.355 e. The van der Waals surface area contributed by atoms with Crippen molar-refractivity contribution in [2.45, 2.75) is 0 Å². The standard InChI is InChI=1S/C21H19N7O2/c29-21(17-12-18(30-25-17)16-4-3-5-22-14-16)28-10-8-27(9-11-28)20-13-19(23-15-24-20)26-6-1-2-7-26/h1-7,12-15H,8-11H2. The van der Waals surface area contributed by atoms with Crippen molar-refractivity contribution < 1.29 is 9.32 Å². The minimum atomic E-state index is -0.135. The summed E-state index contributed by atoms with van der Waals surface area (Å²) in [5.41, 5.74) is 1.09. The van der Waals surface area contributed by atoms with Crippen molar-refractivity contribution in [3.05, 3.63) is 73.2 Å². The summed E-state index contributed by atoms with van der Waals surface area (Å²) in [6.45, 7) is 2.52. The van der Waals surface area contributed by atoms with E-state index in [2.05, 4.69) is 25.0 Å². The lowest BCUT2D eigenvalue weighted by Crippen LogP contribution is -2.49. The molecule has 1 fully saturated rings. The molecule has 9 nitrogen and oxygen atoms in total. The summed E-state index contributed by atoms with van der Waals surface area (Å²) in [4.78, 5) is 29.6. The first-order valence-electron chi connectivity index (χ1n) is 9.65. The summed E-state index contributed by atoms with van der Waals surface area (Å²) in [7, 11) is 0. The van der Waals surface area contributed by atoms with E-state index in [1.54, 1.807) is 29.7 Å². The van der Waals surface area contributed by atoms with Gasteiger partial charge in [-0.05, 0) is 24.3 Å². The van der Waals surface area contributed by atoms with Crippen LogP contribution in [0.25, 0.3) is 17.1 Å². The van der Waals surface area contributed by atoms with Crippen LogP contribution in [0.5, 0.6) is 0 Å². The fraction of sp³-hybridized carbons (Fsp3) is 0.190. The Balaban J connectivity index is 1.25. The molecule has 1 saturated heterocycles. The van der Waals surface area contributed by atoms with Crippen LogP contribution >= 0.6 is 0 Å². The van der Waals surface area contributed by atoms with Crippen molar-refractivity contribution >= 4 is 11.7 Å². The lowest BCUT2D eigenvalue weighted by Gasteiger charge is -2.35. The van der Waals surface area contributed by atoms with Crippen LogP contribution < -0.4 is 4.90 Å². The number of carbonyl (C=O) groups is 1. The second-order valence-corrected chi connectivity index (χ2v) is 6.92. The lowest BCUT2D eigenvalue weighted by molar-refractivity contribution is 0.0736. The van der Waals surface area contributed by atoms with Crippen molar-refractivity contribution in [3.63, 3.8) is 0 Å². The summed E-state index contributed by atoms with van der Waals surface area (Å²) >= 11 is 0. The molecule has 150 valence electrons. The van der Waals surface area contributed by atoms with E-state index >= 15 is 0 Å². The van der Waals surface area contributed by atoms with Crippen LogP contribution in [0.1, 0.15) is 10.5 Å². The molecule has 5 heterocycles. The highest BCUT2D eigenvalue weighted by molar-refractivity contribution is 5.93. The molecule has 4 aromatic heterocycles. The van der Waals surface area contributed by atoms with Crippen molar-refractivity contribution in [1.82, 2.24) is 29.6 Å². The molecule has 30 heavy (non-hydrogen) atoms. The predicted molar refractivity (Wildman–Crippen MR) is 109 cm³/mol. The minimum absolute atomic E-state index is 0.135. The van der Waals surface area contributed by atoms with Gasteiger partial charge in [0.1, 0.15) is 18.0 Å². The Labute approximate surface area is 172 Å². The number of nitrogens with zero attached hydrogens (tertiary/aromatic N) is 7. The zero-order valence-corrected chi connectivity index (χ0v) is 16.1. The zero-order valence-electron chi connectivity index (χ0n) is 16.1. The molecular formula is C21H19N7O2. The predicted octanol–water partition coefficient (Wildman–Crippen LogP) is 2.28. The second kappa shape index (κ2) is 7.78. The third kappa shape index (κ3) is 3.52. The van der Waals surface area contributed by atoms with Crippen LogP contribution in [0.15, 0.2) is 72.0 Å². The minimum Gasteiger partial charge on any atom is -0.355 e. The molecule has 5 rings (SSSR count). The maximum atomic E-state index is 12.8. The first-order valence-corrected chi connectivity index (χ1v) is 9.65. The summed E-state index contributed by atoms with van der Waals surface area (Å²) < 4.78 is 7.27. The number of piperazine rings is 1. The average molecular weight is 401 g/mol. The van der Waals surface area contributed by atoms with Crippen molar-refractivity contribution in [2.24, 2.45) is 0 Å². The van der Waals surface area contributed by atoms with Crippen LogP contribution in [-0.4, -0.2) is 61.7 Å². The molecule has 0 bridgehead atoms. The number of rotatable bonds is 4. The molecule has 0 aliphatic carbocycles. The number of anilines is 1. The number of pyridine rings is 1. The Hall–Kier alpha value is -4.01. The normalized spacial score (nSPS) is 14.1. The Kier molecular flexibility index (Phi) is 4.68. The fourth-order valence-electron chi connectivity index (χ4n) is 3.46. The molecule has 1 aliphatic heterocycles. The van der Waals surface area contributed by atoms with E-state index in [4.69, 9.17) is 4.52 Å². The molecule has 9 heteroatoms. The second-order valence-electron chi connectivity index (χ2n) is 6.92. The Morgan fingerprint density at radius 3 is 2.53 bits per heavy atom. The van der Waals surface area contributed by atoms with Crippen LogP contribution in [0.4, 0.5) is 5.82 Å². The van der Waals surface area contributed by atoms with Gasteiger partial charge in [-0.25, -0.2) is 9.97 Å². The third-order valence-electron chi connectivity index (χ3n) is 5.07. The first-order chi connectivity index (χ1) is 14.8. The molecule has 0 N–H and O–H groups in total. The van der Waals surface area contributed by atoms with Gasteiger partial charge in [-0.15, -0.1) is 0 Å². The average Bonchev–Trinajstić information content (AvgIpc) is 3.52. The number of carbonyl (C=O) groups excluding carboxylic acids is 1. The molecular weight excluding hydrogens is 382 g/mol. The molecule has 0 saturated carbocycles. The highest BCUT2D eigenvalue weighted by Crippen LogP contribution is 2.21. The number of aromatic nitrogens is 5. The maximum Gasteiger partial charge on any atom is 0.276 e. The molecule has 1 aliphatic rings. The van der Waals surface area contributed by atoms with Gasteiger partial charge in [-0.2, -0.15) is 0 Å². The van der Waals surface area contributed by atoms with Crippen LogP contribution in [-0.2, 0) is 0 Å². The number of amides is 1. The molecule has 0 spiro atoms.